The molecule has 1 saturated heterocycles. The maximum absolute atomic E-state index is 12.9. The SMILES string of the molecule is CCS(=O)(=O)Nc1ccc(NC(=O)[C@@]23CCCC[C@H]2CNC3)cc1. The van der Waals surface area contributed by atoms with Gasteiger partial charge in [-0.2, -0.15) is 0 Å². The van der Waals surface area contributed by atoms with Crippen molar-refractivity contribution < 1.29 is 13.2 Å². The molecule has 7 heteroatoms. The normalized spacial score (nSPS) is 26.6. The van der Waals surface area contributed by atoms with Crippen LogP contribution in [0.1, 0.15) is 32.6 Å². The third-order valence-corrected chi connectivity index (χ3v) is 6.59. The Kier molecular flexibility index (Phi) is 4.83. The number of sulfonamides is 1. The zero-order valence-electron chi connectivity index (χ0n) is 14.0. The molecule has 2 aliphatic rings. The zero-order valence-corrected chi connectivity index (χ0v) is 14.8. The highest BCUT2D eigenvalue weighted by Crippen LogP contribution is 2.44. The van der Waals surface area contributed by atoms with Crippen LogP contribution in [0.15, 0.2) is 24.3 Å². The van der Waals surface area contributed by atoms with Crippen LogP contribution in [0.25, 0.3) is 0 Å². The standard InChI is InChI=1S/C17H25N3O3S/c1-2-24(22,23)20-15-8-6-14(7-9-15)19-16(21)17-10-4-3-5-13(17)11-18-12-17/h6-9,13,18,20H,2-5,10-12H2,1H3,(H,19,21)/t13-,17+/m0/s1. The van der Waals surface area contributed by atoms with Gasteiger partial charge in [-0.3, -0.25) is 9.52 Å². The molecule has 2 atom stereocenters. The van der Waals surface area contributed by atoms with Gasteiger partial charge in [0.2, 0.25) is 15.9 Å². The highest BCUT2D eigenvalue weighted by atomic mass is 32.2. The number of carbonyl (C=O) groups excluding carboxylic acids is 1. The van der Waals surface area contributed by atoms with Crippen molar-refractivity contribution in [3.05, 3.63) is 24.3 Å². The summed E-state index contributed by atoms with van der Waals surface area (Å²) in [6.07, 6.45) is 4.35. The van der Waals surface area contributed by atoms with Crippen LogP contribution >= 0.6 is 0 Å². The van der Waals surface area contributed by atoms with Crippen LogP contribution in [0, 0.1) is 11.3 Å². The molecule has 1 aromatic carbocycles. The van der Waals surface area contributed by atoms with Crippen molar-refractivity contribution in [2.45, 2.75) is 32.6 Å². The fraction of sp³-hybridized carbons (Fsp3) is 0.588. The van der Waals surface area contributed by atoms with Crippen LogP contribution in [-0.2, 0) is 14.8 Å². The Bertz CT molecular complexity index is 702. The molecule has 1 aliphatic carbocycles. The van der Waals surface area contributed by atoms with Crippen molar-refractivity contribution in [3.8, 4) is 0 Å². The summed E-state index contributed by atoms with van der Waals surface area (Å²) in [6.45, 7) is 3.26. The first-order valence-electron chi connectivity index (χ1n) is 8.58. The molecule has 1 aliphatic heterocycles. The number of hydrogen-bond donors (Lipinski definition) is 3. The Morgan fingerprint density at radius 1 is 1.25 bits per heavy atom. The summed E-state index contributed by atoms with van der Waals surface area (Å²) in [5.74, 6) is 0.531. The molecule has 1 amide bonds. The first-order valence-corrected chi connectivity index (χ1v) is 10.2. The topological polar surface area (TPSA) is 87.3 Å². The molecular weight excluding hydrogens is 326 g/mol. The number of benzene rings is 1. The predicted molar refractivity (Wildman–Crippen MR) is 95.4 cm³/mol. The van der Waals surface area contributed by atoms with E-state index in [-0.39, 0.29) is 17.1 Å². The molecule has 0 spiro atoms. The van der Waals surface area contributed by atoms with Gasteiger partial charge in [0.05, 0.1) is 11.2 Å². The summed E-state index contributed by atoms with van der Waals surface area (Å²) in [5.41, 5.74) is 0.914. The van der Waals surface area contributed by atoms with E-state index in [1.165, 1.54) is 6.42 Å². The Labute approximate surface area is 143 Å². The fourth-order valence-corrected chi connectivity index (χ4v) is 4.46. The molecule has 1 aromatic rings. The lowest BCUT2D eigenvalue weighted by Crippen LogP contribution is -2.44. The minimum absolute atomic E-state index is 0.0302. The first-order chi connectivity index (χ1) is 11.5. The molecule has 24 heavy (non-hydrogen) atoms. The van der Waals surface area contributed by atoms with Crippen LogP contribution in [-0.4, -0.2) is 33.2 Å². The van der Waals surface area contributed by atoms with Gasteiger partial charge in [-0.1, -0.05) is 12.8 Å². The third kappa shape index (κ3) is 3.42. The smallest absolute Gasteiger partial charge is 0.232 e. The molecule has 0 bridgehead atoms. The quantitative estimate of drug-likeness (QED) is 0.759. The van der Waals surface area contributed by atoms with Crippen molar-refractivity contribution in [1.29, 1.82) is 0 Å². The van der Waals surface area contributed by atoms with E-state index in [0.29, 0.717) is 17.3 Å². The second-order valence-corrected chi connectivity index (χ2v) is 8.78. The molecule has 1 saturated carbocycles. The first kappa shape index (κ1) is 17.2. The maximum Gasteiger partial charge on any atom is 0.232 e. The van der Waals surface area contributed by atoms with Crippen molar-refractivity contribution in [2.24, 2.45) is 11.3 Å². The van der Waals surface area contributed by atoms with Gasteiger partial charge in [-0.15, -0.1) is 0 Å². The number of hydrogen-bond acceptors (Lipinski definition) is 4. The van der Waals surface area contributed by atoms with E-state index in [1.807, 2.05) is 0 Å². The Morgan fingerprint density at radius 2 is 1.96 bits per heavy atom. The maximum atomic E-state index is 12.9. The molecule has 1 heterocycles. The second-order valence-electron chi connectivity index (χ2n) is 6.77. The van der Waals surface area contributed by atoms with Gasteiger partial charge in [-0.05, 0) is 56.5 Å². The molecular formula is C17H25N3O3S. The van der Waals surface area contributed by atoms with E-state index in [1.54, 1.807) is 31.2 Å². The molecule has 6 nitrogen and oxygen atoms in total. The van der Waals surface area contributed by atoms with Crippen molar-refractivity contribution in [3.63, 3.8) is 0 Å². The largest absolute Gasteiger partial charge is 0.326 e. The summed E-state index contributed by atoms with van der Waals surface area (Å²) in [6, 6.07) is 6.82. The molecule has 3 rings (SSSR count). The van der Waals surface area contributed by atoms with Crippen molar-refractivity contribution >= 4 is 27.3 Å². The van der Waals surface area contributed by atoms with Crippen molar-refractivity contribution in [2.75, 3.05) is 28.9 Å². The predicted octanol–water partition coefficient (Wildman–Crippen LogP) is 2.17. The van der Waals surface area contributed by atoms with E-state index < -0.39 is 10.0 Å². The summed E-state index contributed by atoms with van der Waals surface area (Å²) in [7, 11) is -3.28. The van der Waals surface area contributed by atoms with Gasteiger partial charge in [-0.25, -0.2) is 8.42 Å². The summed E-state index contributed by atoms with van der Waals surface area (Å²) in [4.78, 5) is 12.9. The monoisotopic (exact) mass is 351 g/mol. The molecule has 2 fully saturated rings. The number of carbonyl (C=O) groups is 1. The van der Waals surface area contributed by atoms with Gasteiger partial charge in [0.1, 0.15) is 0 Å². The lowest BCUT2D eigenvalue weighted by atomic mass is 9.67. The van der Waals surface area contributed by atoms with Gasteiger partial charge < -0.3 is 10.6 Å². The van der Waals surface area contributed by atoms with Crippen LogP contribution < -0.4 is 15.4 Å². The number of anilines is 2. The molecule has 0 unspecified atom stereocenters. The summed E-state index contributed by atoms with van der Waals surface area (Å²) < 4.78 is 25.6. The van der Waals surface area contributed by atoms with Crippen LogP contribution in [0.3, 0.4) is 0 Å². The van der Waals surface area contributed by atoms with Gasteiger partial charge >= 0.3 is 0 Å². The van der Waals surface area contributed by atoms with Crippen LogP contribution in [0.2, 0.25) is 0 Å². The van der Waals surface area contributed by atoms with E-state index >= 15 is 0 Å². The molecule has 0 aromatic heterocycles. The van der Waals surface area contributed by atoms with E-state index in [9.17, 15) is 13.2 Å². The van der Waals surface area contributed by atoms with Gasteiger partial charge in [0, 0.05) is 17.9 Å². The zero-order chi connectivity index (χ0) is 17.2. The minimum Gasteiger partial charge on any atom is -0.326 e. The number of fused-ring (bicyclic) bond motifs is 1. The Hall–Kier alpha value is -1.60. The Morgan fingerprint density at radius 3 is 2.67 bits per heavy atom. The van der Waals surface area contributed by atoms with E-state index in [2.05, 4.69) is 15.4 Å². The lowest BCUT2D eigenvalue weighted by molar-refractivity contribution is -0.128. The van der Waals surface area contributed by atoms with Gasteiger partial charge in [0.25, 0.3) is 0 Å². The molecule has 3 N–H and O–H groups in total. The average molecular weight is 351 g/mol. The van der Waals surface area contributed by atoms with Crippen LogP contribution in [0.5, 0.6) is 0 Å². The second kappa shape index (κ2) is 6.72. The van der Waals surface area contributed by atoms with Crippen LogP contribution in [0.4, 0.5) is 11.4 Å². The van der Waals surface area contributed by atoms with Gasteiger partial charge in [0.15, 0.2) is 0 Å². The lowest BCUT2D eigenvalue weighted by Gasteiger charge is -2.37. The van der Waals surface area contributed by atoms with E-state index in [4.69, 9.17) is 0 Å². The van der Waals surface area contributed by atoms with Crippen molar-refractivity contribution in [1.82, 2.24) is 5.32 Å². The third-order valence-electron chi connectivity index (χ3n) is 5.29. The summed E-state index contributed by atoms with van der Waals surface area (Å²) >= 11 is 0. The van der Waals surface area contributed by atoms with E-state index in [0.717, 1.165) is 32.4 Å². The number of rotatable bonds is 5. The average Bonchev–Trinajstić information content (AvgIpc) is 3.02. The highest BCUT2D eigenvalue weighted by molar-refractivity contribution is 7.92. The highest BCUT2D eigenvalue weighted by Gasteiger charge is 2.49. The molecule has 132 valence electrons. The Balaban J connectivity index is 1.68. The number of nitrogens with one attached hydrogen (secondary N) is 3. The fourth-order valence-electron chi connectivity index (χ4n) is 3.82. The molecule has 0 radical (unpaired) electrons. The minimum atomic E-state index is -3.28. The summed E-state index contributed by atoms with van der Waals surface area (Å²) in [5, 5.41) is 6.40. The number of amides is 1.